The van der Waals surface area contributed by atoms with Crippen molar-refractivity contribution in [2.45, 2.75) is 25.0 Å². The van der Waals surface area contributed by atoms with Gasteiger partial charge in [0.25, 0.3) is 0 Å². The van der Waals surface area contributed by atoms with Gasteiger partial charge in [0.05, 0.1) is 13.1 Å². The lowest BCUT2D eigenvalue weighted by molar-refractivity contribution is -0.846. The fourth-order valence-electron chi connectivity index (χ4n) is 3.34. The van der Waals surface area contributed by atoms with Crippen LogP contribution in [0.3, 0.4) is 0 Å². The van der Waals surface area contributed by atoms with Gasteiger partial charge in [-0.15, -0.1) is 0 Å². The van der Waals surface area contributed by atoms with Gasteiger partial charge in [-0.1, -0.05) is 30.3 Å². The lowest BCUT2D eigenvalue weighted by Gasteiger charge is -2.60. The Bertz CT molecular complexity index is 531. The molecule has 2 bridgehead atoms. The maximum absolute atomic E-state index is 11.9. The van der Waals surface area contributed by atoms with E-state index in [1.807, 2.05) is 30.3 Å². The Labute approximate surface area is 132 Å². The molecule has 0 aromatic heterocycles. The highest BCUT2D eigenvalue weighted by molar-refractivity contribution is 5.97. The Hall–Kier alpha value is -1.53. The number of quaternary nitrogens is 1. The van der Waals surface area contributed by atoms with E-state index in [1.165, 1.54) is 13.1 Å². The highest BCUT2D eigenvalue weighted by Gasteiger charge is 2.49. The first kappa shape index (κ1) is 15.4. The molecule has 1 atom stereocenters. The summed E-state index contributed by atoms with van der Waals surface area (Å²) >= 11 is 0. The second-order valence-corrected chi connectivity index (χ2v) is 6.07. The maximum Gasteiger partial charge on any atom is 0.407 e. The number of benzene rings is 1. The fraction of sp³-hybridized carbons (Fsp3) is 0.562. The first-order chi connectivity index (χ1) is 10.5. The van der Waals surface area contributed by atoms with Gasteiger partial charge in [0.15, 0.2) is 7.98 Å². The van der Waals surface area contributed by atoms with Crippen LogP contribution in [0.15, 0.2) is 30.3 Å². The zero-order chi connectivity index (χ0) is 15.6. The van der Waals surface area contributed by atoms with Gasteiger partial charge in [-0.25, -0.2) is 4.79 Å². The molecule has 3 saturated heterocycles. The molecular weight excluding hydrogens is 279 g/mol. The minimum atomic E-state index is -0.732. The molecule has 3 fully saturated rings. The first-order valence-corrected chi connectivity index (χ1v) is 7.55. The molecule has 0 saturated carbocycles. The number of carbonyl (C=O) groups excluding carboxylic acids is 1. The van der Waals surface area contributed by atoms with Crippen molar-refractivity contribution in [1.29, 1.82) is 0 Å². The summed E-state index contributed by atoms with van der Waals surface area (Å²) in [7, 11) is 0.160. The van der Waals surface area contributed by atoms with E-state index >= 15 is 0 Å². The van der Waals surface area contributed by atoms with Crippen molar-refractivity contribution in [2.75, 3.05) is 26.2 Å². The highest BCUT2D eigenvalue weighted by atomic mass is 16.5. The standard InChI is InChI=1S/C16H25BN2O3/c17-19-8-6-14(7-9-19)16(21,12-19)11-18-15(20)22-10-13-4-2-1-3-5-13/h1-5,14,21H,6-12H2,17H3,(H,18,20)/t14?,16-,19?/m1/s1. The van der Waals surface area contributed by atoms with E-state index < -0.39 is 11.7 Å². The second kappa shape index (κ2) is 5.93. The van der Waals surface area contributed by atoms with Gasteiger partial charge in [0.1, 0.15) is 12.2 Å². The van der Waals surface area contributed by atoms with Gasteiger partial charge < -0.3 is 19.6 Å². The number of rotatable bonds is 4. The maximum atomic E-state index is 11.9. The first-order valence-electron chi connectivity index (χ1n) is 7.55. The van der Waals surface area contributed by atoms with Crippen LogP contribution in [0.25, 0.3) is 0 Å². The van der Waals surface area contributed by atoms with E-state index in [2.05, 4.69) is 5.32 Å². The highest BCUT2D eigenvalue weighted by Crippen LogP contribution is 2.38. The number of fused-ring (bicyclic) bond motifs is 3. The summed E-state index contributed by atoms with van der Waals surface area (Å²) in [6, 6.07) is 9.62. The van der Waals surface area contributed by atoms with Gasteiger partial charge in [0.2, 0.25) is 0 Å². The molecule has 1 aromatic rings. The molecule has 120 valence electrons. The van der Waals surface area contributed by atoms with E-state index in [9.17, 15) is 9.90 Å². The molecule has 6 heteroatoms. The van der Waals surface area contributed by atoms with E-state index in [1.54, 1.807) is 0 Å². The number of nitrogens with zero attached hydrogens (tertiary/aromatic N) is 1. The molecule has 1 amide bonds. The molecule has 3 aliphatic rings. The molecule has 0 spiro atoms. The van der Waals surface area contributed by atoms with Crippen LogP contribution < -0.4 is 5.32 Å². The molecular formula is C16H25BN2O3. The van der Waals surface area contributed by atoms with Crippen LogP contribution in [0, 0.1) is 5.92 Å². The average molecular weight is 304 g/mol. The van der Waals surface area contributed by atoms with Gasteiger partial charge in [-0.2, -0.15) is 0 Å². The molecule has 2 N–H and O–H groups in total. The Morgan fingerprint density at radius 3 is 2.68 bits per heavy atom. The van der Waals surface area contributed by atoms with Crippen molar-refractivity contribution in [3.05, 3.63) is 35.9 Å². The summed E-state index contributed by atoms with van der Waals surface area (Å²) < 4.78 is 6.38. The summed E-state index contributed by atoms with van der Waals surface area (Å²) in [5, 5.41) is 13.7. The van der Waals surface area contributed by atoms with Gasteiger partial charge in [-0.05, 0) is 18.4 Å². The number of amides is 1. The summed E-state index contributed by atoms with van der Waals surface area (Å²) in [6.45, 7) is 3.89. The lowest BCUT2D eigenvalue weighted by atomic mass is 9.72. The minimum Gasteiger partial charge on any atom is -0.520 e. The Kier molecular flexibility index (Phi) is 4.15. The third kappa shape index (κ3) is 3.28. The number of nitrogens with one attached hydrogen (secondary N) is 1. The van der Waals surface area contributed by atoms with Gasteiger partial charge in [-0.3, -0.25) is 0 Å². The molecule has 22 heavy (non-hydrogen) atoms. The number of aliphatic hydroxyl groups is 1. The summed E-state index contributed by atoms with van der Waals surface area (Å²) in [5.41, 5.74) is 0.234. The summed E-state index contributed by atoms with van der Waals surface area (Å²) in [6.07, 6.45) is 1.75. The van der Waals surface area contributed by atoms with Crippen molar-refractivity contribution in [2.24, 2.45) is 5.92 Å². The van der Waals surface area contributed by atoms with Crippen LogP contribution in [0.2, 0.25) is 0 Å². The number of carbonyl (C=O) groups is 1. The molecule has 0 unspecified atom stereocenters. The van der Waals surface area contributed by atoms with Crippen LogP contribution in [-0.4, -0.2) is 55.4 Å². The molecule has 0 aliphatic carbocycles. The Morgan fingerprint density at radius 2 is 2.05 bits per heavy atom. The molecule has 0 radical (unpaired) electrons. The van der Waals surface area contributed by atoms with E-state index in [0.717, 1.165) is 29.3 Å². The fourth-order valence-corrected chi connectivity index (χ4v) is 3.34. The monoisotopic (exact) mass is 304 g/mol. The smallest absolute Gasteiger partial charge is 0.407 e. The summed E-state index contributed by atoms with van der Waals surface area (Å²) in [5.74, 6) is 0.333. The number of hydrogen-bond acceptors (Lipinski definition) is 3. The zero-order valence-corrected chi connectivity index (χ0v) is 12.1. The van der Waals surface area contributed by atoms with Crippen LogP contribution in [-0.2, 0) is 11.3 Å². The molecule has 3 heterocycles. The predicted octanol–water partition coefficient (Wildman–Crippen LogP) is 0.165. The van der Waals surface area contributed by atoms with Crippen molar-refractivity contribution in [3.63, 3.8) is 0 Å². The number of alkyl carbamates (subject to hydrolysis) is 1. The van der Waals surface area contributed by atoms with Crippen LogP contribution in [0.4, 0.5) is 4.79 Å². The average Bonchev–Trinajstić information content (AvgIpc) is 2.52. The van der Waals surface area contributed by atoms with Gasteiger partial charge in [0, 0.05) is 19.0 Å². The third-order valence-corrected chi connectivity index (χ3v) is 4.60. The molecule has 4 rings (SSSR count). The van der Waals surface area contributed by atoms with Crippen molar-refractivity contribution in [1.82, 2.24) is 5.32 Å². The van der Waals surface area contributed by atoms with Crippen LogP contribution in [0.1, 0.15) is 18.4 Å². The Balaban J connectivity index is 1.49. The quantitative estimate of drug-likeness (QED) is 0.780. The number of piperidine rings is 3. The van der Waals surface area contributed by atoms with Crippen LogP contribution in [0.5, 0.6) is 0 Å². The SMILES string of the molecule is [BH3-][N+]12CCC(CC1)[C@@](O)(CNC(=O)OCc1ccccc1)C2. The lowest BCUT2D eigenvalue weighted by Crippen LogP contribution is -2.70. The van der Waals surface area contributed by atoms with E-state index in [4.69, 9.17) is 4.74 Å². The number of ether oxygens (including phenoxy) is 1. The summed E-state index contributed by atoms with van der Waals surface area (Å²) in [4.78, 5) is 11.9. The van der Waals surface area contributed by atoms with Crippen molar-refractivity contribution < 1.29 is 19.0 Å². The van der Waals surface area contributed by atoms with Crippen molar-refractivity contribution in [3.8, 4) is 0 Å². The topological polar surface area (TPSA) is 58.6 Å². The number of hydrogen-bond donors (Lipinski definition) is 2. The van der Waals surface area contributed by atoms with Crippen LogP contribution >= 0.6 is 0 Å². The molecule has 5 nitrogen and oxygen atoms in total. The predicted molar refractivity (Wildman–Crippen MR) is 87.1 cm³/mol. The van der Waals surface area contributed by atoms with Gasteiger partial charge >= 0.3 is 6.09 Å². The molecule has 3 aliphatic heterocycles. The van der Waals surface area contributed by atoms with E-state index in [0.29, 0.717) is 12.5 Å². The molecule has 1 aromatic carbocycles. The van der Waals surface area contributed by atoms with Crippen molar-refractivity contribution >= 4 is 14.1 Å². The second-order valence-electron chi connectivity index (χ2n) is 6.07. The normalized spacial score (nSPS) is 33.5. The zero-order valence-electron chi connectivity index (χ0n) is 12.1. The third-order valence-electron chi connectivity index (χ3n) is 4.60. The largest absolute Gasteiger partial charge is 0.520 e. The Morgan fingerprint density at radius 1 is 1.36 bits per heavy atom. The minimum absolute atomic E-state index is 0.160. The van der Waals surface area contributed by atoms with E-state index in [-0.39, 0.29) is 14.6 Å².